The summed E-state index contributed by atoms with van der Waals surface area (Å²) in [4.78, 5) is 27.8. The lowest BCUT2D eigenvalue weighted by molar-refractivity contribution is 0.0624. The number of para-hydroxylation sites is 1. The standard InChI is InChI=1S/C22H27N3O2/c1-14-10-15(2)13-25(12-14)22(27)18-6-4-5-7-20(18)24-21(26)19-11-17(23)9-8-16(19)3/h4-9,11,14-15H,10,12-13,23H2,1-3H3,(H,24,26). The number of nitrogens with one attached hydrogen (secondary N) is 1. The summed E-state index contributed by atoms with van der Waals surface area (Å²) in [5.74, 6) is 0.665. The highest BCUT2D eigenvalue weighted by atomic mass is 16.2. The van der Waals surface area contributed by atoms with Gasteiger partial charge in [-0.25, -0.2) is 0 Å². The summed E-state index contributed by atoms with van der Waals surface area (Å²) < 4.78 is 0. The second kappa shape index (κ2) is 7.82. The SMILES string of the molecule is Cc1ccc(N)cc1C(=O)Nc1ccccc1C(=O)N1CC(C)CC(C)C1. The van der Waals surface area contributed by atoms with E-state index in [1.54, 1.807) is 24.3 Å². The van der Waals surface area contributed by atoms with Crippen LogP contribution in [0, 0.1) is 18.8 Å². The molecular formula is C22H27N3O2. The number of nitrogen functional groups attached to an aromatic ring is 1. The molecule has 0 bridgehead atoms. The molecule has 2 unspecified atom stereocenters. The van der Waals surface area contributed by atoms with E-state index < -0.39 is 0 Å². The minimum Gasteiger partial charge on any atom is -0.399 e. The van der Waals surface area contributed by atoms with E-state index in [1.165, 1.54) is 0 Å². The van der Waals surface area contributed by atoms with Crippen molar-refractivity contribution in [3.05, 3.63) is 59.2 Å². The van der Waals surface area contributed by atoms with Gasteiger partial charge in [0.25, 0.3) is 11.8 Å². The van der Waals surface area contributed by atoms with Crippen LogP contribution in [-0.4, -0.2) is 29.8 Å². The van der Waals surface area contributed by atoms with E-state index in [0.29, 0.717) is 34.3 Å². The number of carbonyl (C=O) groups excluding carboxylic acids is 2. The van der Waals surface area contributed by atoms with Gasteiger partial charge in [0.15, 0.2) is 0 Å². The van der Waals surface area contributed by atoms with Crippen molar-refractivity contribution >= 4 is 23.2 Å². The average molecular weight is 365 g/mol. The van der Waals surface area contributed by atoms with Crippen LogP contribution in [0.4, 0.5) is 11.4 Å². The molecule has 27 heavy (non-hydrogen) atoms. The third kappa shape index (κ3) is 4.30. The lowest BCUT2D eigenvalue weighted by atomic mass is 9.91. The molecule has 3 N–H and O–H groups in total. The van der Waals surface area contributed by atoms with Crippen LogP contribution in [0.15, 0.2) is 42.5 Å². The Morgan fingerprint density at radius 2 is 1.70 bits per heavy atom. The molecule has 0 aliphatic carbocycles. The fraction of sp³-hybridized carbons (Fsp3) is 0.364. The number of piperidine rings is 1. The van der Waals surface area contributed by atoms with Crippen LogP contribution in [0.2, 0.25) is 0 Å². The molecule has 2 aromatic rings. The van der Waals surface area contributed by atoms with Crippen molar-refractivity contribution in [3.63, 3.8) is 0 Å². The minimum absolute atomic E-state index is 0.0337. The van der Waals surface area contributed by atoms with E-state index in [-0.39, 0.29) is 11.8 Å². The summed E-state index contributed by atoms with van der Waals surface area (Å²) in [6, 6.07) is 12.4. The summed E-state index contributed by atoms with van der Waals surface area (Å²) in [6.45, 7) is 7.71. The summed E-state index contributed by atoms with van der Waals surface area (Å²) in [7, 11) is 0. The Kier molecular flexibility index (Phi) is 5.49. The maximum atomic E-state index is 13.1. The topological polar surface area (TPSA) is 75.4 Å². The van der Waals surface area contributed by atoms with Gasteiger partial charge in [0.05, 0.1) is 11.3 Å². The maximum absolute atomic E-state index is 13.1. The van der Waals surface area contributed by atoms with E-state index in [9.17, 15) is 9.59 Å². The Morgan fingerprint density at radius 3 is 2.41 bits per heavy atom. The number of aryl methyl sites for hydroxylation is 1. The van der Waals surface area contributed by atoms with Gasteiger partial charge in [-0.3, -0.25) is 9.59 Å². The Hall–Kier alpha value is -2.82. The Bertz CT molecular complexity index is 852. The van der Waals surface area contributed by atoms with Crippen molar-refractivity contribution in [2.75, 3.05) is 24.1 Å². The molecule has 1 heterocycles. The fourth-order valence-corrected chi connectivity index (χ4v) is 3.85. The van der Waals surface area contributed by atoms with Gasteiger partial charge in [-0.2, -0.15) is 0 Å². The predicted molar refractivity (Wildman–Crippen MR) is 109 cm³/mol. The fourth-order valence-electron chi connectivity index (χ4n) is 3.85. The van der Waals surface area contributed by atoms with Crippen molar-refractivity contribution < 1.29 is 9.59 Å². The van der Waals surface area contributed by atoms with Crippen molar-refractivity contribution in [3.8, 4) is 0 Å². The molecule has 5 nitrogen and oxygen atoms in total. The summed E-state index contributed by atoms with van der Waals surface area (Å²) >= 11 is 0. The van der Waals surface area contributed by atoms with Gasteiger partial charge >= 0.3 is 0 Å². The van der Waals surface area contributed by atoms with Crippen LogP contribution in [0.3, 0.4) is 0 Å². The molecule has 0 aromatic heterocycles. The quantitative estimate of drug-likeness (QED) is 0.809. The molecular weight excluding hydrogens is 338 g/mol. The van der Waals surface area contributed by atoms with Crippen LogP contribution in [0.1, 0.15) is 46.5 Å². The van der Waals surface area contributed by atoms with E-state index in [4.69, 9.17) is 5.73 Å². The second-order valence-corrected chi connectivity index (χ2v) is 7.73. The number of rotatable bonds is 3. The molecule has 1 aliphatic heterocycles. The number of nitrogens with zero attached hydrogens (tertiary/aromatic N) is 1. The molecule has 5 heteroatoms. The predicted octanol–water partition coefficient (Wildman–Crippen LogP) is 3.95. The number of anilines is 2. The summed E-state index contributed by atoms with van der Waals surface area (Å²) in [5, 5.41) is 2.90. The van der Waals surface area contributed by atoms with Gasteiger partial charge in [-0.1, -0.05) is 32.0 Å². The molecule has 2 atom stereocenters. The molecule has 142 valence electrons. The van der Waals surface area contributed by atoms with E-state index in [2.05, 4.69) is 19.2 Å². The molecule has 0 radical (unpaired) electrons. The monoisotopic (exact) mass is 365 g/mol. The largest absolute Gasteiger partial charge is 0.399 e. The zero-order valence-corrected chi connectivity index (χ0v) is 16.2. The van der Waals surface area contributed by atoms with Crippen LogP contribution < -0.4 is 11.1 Å². The van der Waals surface area contributed by atoms with Gasteiger partial charge in [-0.05, 0) is 55.0 Å². The van der Waals surface area contributed by atoms with Crippen LogP contribution in [0.5, 0.6) is 0 Å². The first-order chi connectivity index (χ1) is 12.8. The van der Waals surface area contributed by atoms with Crippen molar-refractivity contribution in [2.45, 2.75) is 27.2 Å². The first-order valence-corrected chi connectivity index (χ1v) is 9.41. The third-order valence-electron chi connectivity index (χ3n) is 5.07. The molecule has 2 amide bonds. The molecule has 2 aromatic carbocycles. The number of benzene rings is 2. The number of amides is 2. The first kappa shape index (κ1) is 19.0. The number of nitrogens with two attached hydrogens (primary N) is 1. The van der Waals surface area contributed by atoms with E-state index in [1.807, 2.05) is 30.0 Å². The Labute approximate surface area is 160 Å². The Morgan fingerprint density at radius 1 is 1.04 bits per heavy atom. The molecule has 3 rings (SSSR count). The highest BCUT2D eigenvalue weighted by Gasteiger charge is 2.27. The Balaban J connectivity index is 1.84. The second-order valence-electron chi connectivity index (χ2n) is 7.73. The lowest BCUT2D eigenvalue weighted by Crippen LogP contribution is -2.42. The van der Waals surface area contributed by atoms with Gasteiger partial charge in [0.1, 0.15) is 0 Å². The maximum Gasteiger partial charge on any atom is 0.256 e. The van der Waals surface area contributed by atoms with Crippen molar-refractivity contribution in [1.29, 1.82) is 0 Å². The molecule has 1 fully saturated rings. The minimum atomic E-state index is -0.263. The van der Waals surface area contributed by atoms with Gasteiger partial charge < -0.3 is 16.0 Å². The number of carbonyl (C=O) groups is 2. The molecule has 0 spiro atoms. The molecule has 0 saturated carbocycles. The van der Waals surface area contributed by atoms with Crippen LogP contribution in [0.25, 0.3) is 0 Å². The number of hydrogen-bond donors (Lipinski definition) is 2. The van der Waals surface area contributed by atoms with Crippen molar-refractivity contribution in [2.24, 2.45) is 11.8 Å². The highest BCUT2D eigenvalue weighted by molar-refractivity contribution is 6.09. The van der Waals surface area contributed by atoms with Gasteiger partial charge in [-0.15, -0.1) is 0 Å². The smallest absolute Gasteiger partial charge is 0.256 e. The third-order valence-corrected chi connectivity index (χ3v) is 5.07. The molecule has 1 aliphatic rings. The summed E-state index contributed by atoms with van der Waals surface area (Å²) in [5.41, 5.74) is 8.75. The van der Waals surface area contributed by atoms with Crippen molar-refractivity contribution in [1.82, 2.24) is 4.90 Å². The zero-order valence-electron chi connectivity index (χ0n) is 16.2. The average Bonchev–Trinajstić information content (AvgIpc) is 2.62. The van der Waals surface area contributed by atoms with Gasteiger partial charge in [0, 0.05) is 24.3 Å². The van der Waals surface area contributed by atoms with Crippen LogP contribution >= 0.6 is 0 Å². The molecule has 1 saturated heterocycles. The lowest BCUT2D eigenvalue weighted by Gasteiger charge is -2.35. The van der Waals surface area contributed by atoms with E-state index >= 15 is 0 Å². The first-order valence-electron chi connectivity index (χ1n) is 9.41. The highest BCUT2D eigenvalue weighted by Crippen LogP contribution is 2.25. The number of hydrogen-bond acceptors (Lipinski definition) is 3. The summed E-state index contributed by atoms with van der Waals surface area (Å²) in [6.07, 6.45) is 1.14. The van der Waals surface area contributed by atoms with E-state index in [0.717, 1.165) is 25.1 Å². The number of likely N-dealkylation sites (tertiary alicyclic amines) is 1. The normalized spacial score (nSPS) is 19.6. The zero-order chi connectivity index (χ0) is 19.6. The van der Waals surface area contributed by atoms with Crippen LogP contribution in [-0.2, 0) is 0 Å². The van der Waals surface area contributed by atoms with Gasteiger partial charge in [0.2, 0.25) is 0 Å².